The molecule has 0 aliphatic heterocycles. The Labute approximate surface area is 124 Å². The molecule has 3 rings (SSSR count). The molecular formula is C18H17FN2. The average Bonchev–Trinajstić information content (AvgIpc) is 3.34. The van der Waals surface area contributed by atoms with E-state index in [0.29, 0.717) is 18.2 Å². The summed E-state index contributed by atoms with van der Waals surface area (Å²) in [6.45, 7) is 1.43. The van der Waals surface area contributed by atoms with Crippen molar-refractivity contribution in [2.75, 3.05) is 0 Å². The summed E-state index contributed by atoms with van der Waals surface area (Å²) >= 11 is 0. The van der Waals surface area contributed by atoms with Crippen LogP contribution < -0.4 is 0 Å². The largest absolute Gasteiger partial charge is 0.292 e. The van der Waals surface area contributed by atoms with Crippen molar-refractivity contribution >= 4 is 0 Å². The average molecular weight is 280 g/mol. The highest BCUT2D eigenvalue weighted by molar-refractivity contribution is 5.31. The van der Waals surface area contributed by atoms with Gasteiger partial charge in [0.1, 0.15) is 5.82 Å². The minimum absolute atomic E-state index is 0.136. The third-order valence-corrected chi connectivity index (χ3v) is 3.86. The van der Waals surface area contributed by atoms with E-state index in [-0.39, 0.29) is 5.82 Å². The van der Waals surface area contributed by atoms with Crippen LogP contribution in [-0.4, -0.2) is 10.9 Å². The highest BCUT2D eigenvalue weighted by Gasteiger charge is 2.29. The molecule has 0 aromatic heterocycles. The molecule has 0 radical (unpaired) electrons. The van der Waals surface area contributed by atoms with Gasteiger partial charge in [0, 0.05) is 24.7 Å². The van der Waals surface area contributed by atoms with E-state index in [1.165, 1.54) is 18.9 Å². The number of hydrogen-bond donors (Lipinski definition) is 0. The molecule has 0 atom stereocenters. The van der Waals surface area contributed by atoms with E-state index in [4.69, 9.17) is 5.26 Å². The number of nitriles is 1. The van der Waals surface area contributed by atoms with E-state index in [9.17, 15) is 4.39 Å². The zero-order valence-corrected chi connectivity index (χ0v) is 11.8. The van der Waals surface area contributed by atoms with Crippen LogP contribution in [0, 0.1) is 17.1 Å². The van der Waals surface area contributed by atoms with E-state index in [1.807, 2.05) is 36.4 Å². The van der Waals surface area contributed by atoms with Crippen LogP contribution in [0.3, 0.4) is 0 Å². The number of nitrogens with zero attached hydrogens (tertiary/aromatic N) is 2. The zero-order valence-electron chi connectivity index (χ0n) is 11.8. The molecule has 1 aliphatic carbocycles. The molecule has 2 nitrogen and oxygen atoms in total. The fourth-order valence-electron chi connectivity index (χ4n) is 2.52. The van der Waals surface area contributed by atoms with Gasteiger partial charge in [0.2, 0.25) is 0 Å². The highest BCUT2D eigenvalue weighted by Crippen LogP contribution is 2.30. The second-order valence-electron chi connectivity index (χ2n) is 5.54. The first kappa shape index (κ1) is 13.8. The van der Waals surface area contributed by atoms with Crippen LogP contribution in [0.1, 0.15) is 29.5 Å². The first-order chi connectivity index (χ1) is 10.3. The maximum Gasteiger partial charge on any atom is 0.127 e. The molecule has 1 saturated carbocycles. The van der Waals surface area contributed by atoms with Gasteiger partial charge < -0.3 is 0 Å². The lowest BCUT2D eigenvalue weighted by atomic mass is 10.1. The van der Waals surface area contributed by atoms with Crippen LogP contribution in [-0.2, 0) is 13.1 Å². The Morgan fingerprint density at radius 1 is 1.05 bits per heavy atom. The Balaban J connectivity index is 1.73. The van der Waals surface area contributed by atoms with Crippen molar-refractivity contribution in [3.05, 3.63) is 71.0 Å². The zero-order chi connectivity index (χ0) is 14.7. The lowest BCUT2D eigenvalue weighted by molar-refractivity contribution is 0.242. The molecule has 0 unspecified atom stereocenters. The third kappa shape index (κ3) is 3.48. The first-order valence-corrected chi connectivity index (χ1v) is 7.23. The second kappa shape index (κ2) is 6.07. The maximum atomic E-state index is 13.8. The topological polar surface area (TPSA) is 27.0 Å². The van der Waals surface area contributed by atoms with Gasteiger partial charge in [0.15, 0.2) is 0 Å². The number of halogens is 1. The monoisotopic (exact) mass is 280 g/mol. The smallest absolute Gasteiger partial charge is 0.127 e. The van der Waals surface area contributed by atoms with Crippen LogP contribution in [0.5, 0.6) is 0 Å². The summed E-state index contributed by atoms with van der Waals surface area (Å²) in [5.41, 5.74) is 2.58. The molecule has 1 fully saturated rings. The summed E-state index contributed by atoms with van der Waals surface area (Å²) in [6.07, 6.45) is 2.37. The summed E-state index contributed by atoms with van der Waals surface area (Å²) < 4.78 is 13.8. The van der Waals surface area contributed by atoms with Crippen LogP contribution in [0.4, 0.5) is 4.39 Å². The van der Waals surface area contributed by atoms with Crippen LogP contribution in [0.2, 0.25) is 0 Å². The van der Waals surface area contributed by atoms with Crippen LogP contribution >= 0.6 is 0 Å². The molecule has 2 aromatic rings. The second-order valence-corrected chi connectivity index (χ2v) is 5.54. The van der Waals surface area contributed by atoms with Crippen molar-refractivity contribution in [1.82, 2.24) is 4.90 Å². The number of hydrogen-bond acceptors (Lipinski definition) is 2. The van der Waals surface area contributed by atoms with Gasteiger partial charge in [-0.15, -0.1) is 0 Å². The van der Waals surface area contributed by atoms with Gasteiger partial charge in [-0.25, -0.2) is 4.39 Å². The molecule has 2 aromatic carbocycles. The van der Waals surface area contributed by atoms with Gasteiger partial charge in [0.25, 0.3) is 0 Å². The fraction of sp³-hybridized carbons (Fsp3) is 0.278. The van der Waals surface area contributed by atoms with Crippen molar-refractivity contribution in [1.29, 1.82) is 5.26 Å². The van der Waals surface area contributed by atoms with E-state index in [2.05, 4.69) is 11.0 Å². The maximum absolute atomic E-state index is 13.8. The normalized spacial score (nSPS) is 14.1. The Morgan fingerprint density at radius 2 is 1.76 bits per heavy atom. The highest BCUT2D eigenvalue weighted by atomic mass is 19.1. The molecule has 0 spiro atoms. The Kier molecular flexibility index (Phi) is 3.98. The van der Waals surface area contributed by atoms with E-state index < -0.39 is 0 Å². The molecule has 21 heavy (non-hydrogen) atoms. The molecule has 1 aliphatic rings. The van der Waals surface area contributed by atoms with Gasteiger partial charge >= 0.3 is 0 Å². The molecular weight excluding hydrogens is 263 g/mol. The lowest BCUT2D eigenvalue weighted by Gasteiger charge is -2.22. The van der Waals surface area contributed by atoms with E-state index >= 15 is 0 Å². The van der Waals surface area contributed by atoms with E-state index in [0.717, 1.165) is 17.7 Å². The predicted molar refractivity (Wildman–Crippen MR) is 79.8 cm³/mol. The molecule has 0 saturated heterocycles. The number of benzene rings is 2. The van der Waals surface area contributed by atoms with Gasteiger partial charge in [0.05, 0.1) is 11.6 Å². The third-order valence-electron chi connectivity index (χ3n) is 3.86. The van der Waals surface area contributed by atoms with Gasteiger partial charge in [-0.1, -0.05) is 30.3 Å². The van der Waals surface area contributed by atoms with Crippen LogP contribution in [0.25, 0.3) is 0 Å². The van der Waals surface area contributed by atoms with Crippen molar-refractivity contribution in [2.24, 2.45) is 0 Å². The predicted octanol–water partition coefficient (Wildman–Crippen LogP) is 3.86. The minimum atomic E-state index is -0.136. The molecule has 0 bridgehead atoms. The standard InChI is InChI=1S/C18H17FN2/c19-18-4-2-1-3-16(18)13-21(17-9-10-17)12-15-7-5-14(11-20)6-8-15/h1-8,17H,9-10,12-13H2. The summed E-state index contributed by atoms with van der Waals surface area (Å²) in [6, 6.07) is 17.3. The number of rotatable bonds is 5. The Bertz CT molecular complexity index is 654. The van der Waals surface area contributed by atoms with Crippen molar-refractivity contribution in [3.8, 4) is 6.07 Å². The van der Waals surface area contributed by atoms with Gasteiger partial charge in [-0.05, 0) is 36.6 Å². The fourth-order valence-corrected chi connectivity index (χ4v) is 2.52. The first-order valence-electron chi connectivity index (χ1n) is 7.23. The minimum Gasteiger partial charge on any atom is -0.292 e. The van der Waals surface area contributed by atoms with E-state index in [1.54, 1.807) is 6.07 Å². The summed E-state index contributed by atoms with van der Waals surface area (Å²) in [5, 5.41) is 8.83. The lowest BCUT2D eigenvalue weighted by Crippen LogP contribution is -2.25. The molecule has 3 heteroatoms. The Hall–Kier alpha value is -2.18. The van der Waals surface area contributed by atoms with Gasteiger partial charge in [-0.3, -0.25) is 4.90 Å². The molecule has 106 valence electrons. The van der Waals surface area contributed by atoms with Crippen molar-refractivity contribution in [3.63, 3.8) is 0 Å². The molecule has 0 amide bonds. The molecule has 0 N–H and O–H groups in total. The summed E-state index contributed by atoms with van der Waals surface area (Å²) in [4.78, 5) is 2.32. The van der Waals surface area contributed by atoms with Gasteiger partial charge in [-0.2, -0.15) is 5.26 Å². The molecule has 0 heterocycles. The summed E-state index contributed by atoms with van der Waals surface area (Å²) in [7, 11) is 0. The quantitative estimate of drug-likeness (QED) is 0.831. The van der Waals surface area contributed by atoms with Crippen LogP contribution in [0.15, 0.2) is 48.5 Å². The Morgan fingerprint density at radius 3 is 2.38 bits per heavy atom. The SMILES string of the molecule is N#Cc1ccc(CN(Cc2ccccc2F)C2CC2)cc1. The van der Waals surface area contributed by atoms with Crippen molar-refractivity contribution < 1.29 is 4.39 Å². The van der Waals surface area contributed by atoms with Crippen molar-refractivity contribution in [2.45, 2.75) is 32.0 Å². The summed E-state index contributed by atoms with van der Waals surface area (Å²) in [5.74, 6) is -0.136.